The fraction of sp³-hybridized carbons (Fsp3) is 0.0909. The first-order chi connectivity index (χ1) is 7.66. The van der Waals surface area contributed by atoms with Gasteiger partial charge in [0.1, 0.15) is 4.99 Å². The quantitative estimate of drug-likeness (QED) is 0.792. The molecule has 0 unspecified atom stereocenters. The molecule has 1 heterocycles. The highest BCUT2D eigenvalue weighted by Gasteiger charge is 2.05. The van der Waals surface area contributed by atoms with Crippen molar-refractivity contribution in [1.82, 2.24) is 9.78 Å². The first-order valence-electron chi connectivity index (χ1n) is 4.82. The maximum atomic E-state index is 5.64. The number of hydrogen-bond donors (Lipinski definition) is 2. The minimum absolute atomic E-state index is 0.374. The molecule has 5 heteroatoms. The number of nitrogens with zero attached hydrogens (tertiary/aromatic N) is 2. The summed E-state index contributed by atoms with van der Waals surface area (Å²) >= 11 is 4.98. The van der Waals surface area contributed by atoms with E-state index in [-0.39, 0.29) is 0 Å². The highest BCUT2D eigenvalue weighted by Crippen LogP contribution is 2.19. The number of nitrogens with two attached hydrogens (primary N) is 1. The Kier molecular flexibility index (Phi) is 2.87. The van der Waals surface area contributed by atoms with Crippen molar-refractivity contribution < 1.29 is 0 Å². The van der Waals surface area contributed by atoms with Gasteiger partial charge in [0, 0.05) is 30.6 Å². The minimum atomic E-state index is 0.374. The van der Waals surface area contributed by atoms with Crippen molar-refractivity contribution in [2.75, 3.05) is 5.32 Å². The molecule has 0 spiro atoms. The molecule has 0 saturated heterocycles. The molecule has 0 fully saturated rings. The molecule has 2 aromatic rings. The summed E-state index contributed by atoms with van der Waals surface area (Å²) in [5.41, 5.74) is 7.33. The maximum absolute atomic E-state index is 5.64. The lowest BCUT2D eigenvalue weighted by molar-refractivity contribution is 0.771. The number of hydrogen-bond acceptors (Lipinski definition) is 3. The summed E-state index contributed by atoms with van der Waals surface area (Å²) in [5.74, 6) is 0.770. The van der Waals surface area contributed by atoms with Gasteiger partial charge in [-0.3, -0.25) is 4.68 Å². The van der Waals surface area contributed by atoms with Crippen LogP contribution in [0, 0.1) is 0 Å². The maximum Gasteiger partial charge on any atom is 0.152 e. The molecule has 1 aromatic carbocycles. The number of anilines is 2. The van der Waals surface area contributed by atoms with Crippen LogP contribution in [-0.2, 0) is 7.05 Å². The summed E-state index contributed by atoms with van der Waals surface area (Å²) < 4.78 is 1.73. The van der Waals surface area contributed by atoms with Crippen LogP contribution in [0.3, 0.4) is 0 Å². The summed E-state index contributed by atoms with van der Waals surface area (Å²) in [7, 11) is 1.87. The van der Waals surface area contributed by atoms with Crippen molar-refractivity contribution in [3.05, 3.63) is 42.1 Å². The topological polar surface area (TPSA) is 55.9 Å². The zero-order valence-electron chi connectivity index (χ0n) is 8.84. The lowest BCUT2D eigenvalue weighted by atomic mass is 10.2. The van der Waals surface area contributed by atoms with E-state index in [1.165, 1.54) is 0 Å². The Hall–Kier alpha value is -1.88. The molecule has 2 rings (SSSR count). The van der Waals surface area contributed by atoms with Gasteiger partial charge in [0.2, 0.25) is 0 Å². The SMILES string of the molecule is Cn1ccc(Nc2ccccc2C(N)=S)n1. The highest BCUT2D eigenvalue weighted by atomic mass is 32.1. The molecule has 0 radical (unpaired) electrons. The molecule has 3 N–H and O–H groups in total. The van der Waals surface area contributed by atoms with Crippen LogP contribution in [0.2, 0.25) is 0 Å². The van der Waals surface area contributed by atoms with E-state index in [2.05, 4.69) is 10.4 Å². The zero-order chi connectivity index (χ0) is 11.5. The van der Waals surface area contributed by atoms with Crippen LogP contribution in [-0.4, -0.2) is 14.8 Å². The van der Waals surface area contributed by atoms with E-state index in [4.69, 9.17) is 18.0 Å². The van der Waals surface area contributed by atoms with Crippen molar-refractivity contribution >= 4 is 28.7 Å². The number of para-hydroxylation sites is 1. The largest absolute Gasteiger partial charge is 0.389 e. The first-order valence-corrected chi connectivity index (χ1v) is 5.23. The minimum Gasteiger partial charge on any atom is -0.389 e. The molecule has 0 atom stereocenters. The smallest absolute Gasteiger partial charge is 0.152 e. The van der Waals surface area contributed by atoms with Gasteiger partial charge in [-0.05, 0) is 12.1 Å². The predicted octanol–water partition coefficient (Wildman–Crippen LogP) is 1.80. The average molecular weight is 232 g/mol. The van der Waals surface area contributed by atoms with Crippen molar-refractivity contribution in [2.45, 2.75) is 0 Å². The van der Waals surface area contributed by atoms with E-state index >= 15 is 0 Å². The van der Waals surface area contributed by atoms with E-state index in [0.717, 1.165) is 17.1 Å². The monoisotopic (exact) mass is 232 g/mol. The van der Waals surface area contributed by atoms with Gasteiger partial charge < -0.3 is 11.1 Å². The summed E-state index contributed by atoms with van der Waals surface area (Å²) in [6, 6.07) is 9.51. The third-order valence-electron chi connectivity index (χ3n) is 2.17. The Morgan fingerprint density at radius 2 is 2.12 bits per heavy atom. The van der Waals surface area contributed by atoms with E-state index in [9.17, 15) is 0 Å². The number of rotatable bonds is 3. The Morgan fingerprint density at radius 1 is 1.38 bits per heavy atom. The fourth-order valence-electron chi connectivity index (χ4n) is 1.43. The van der Waals surface area contributed by atoms with Crippen LogP contribution in [0.1, 0.15) is 5.56 Å². The summed E-state index contributed by atoms with van der Waals surface area (Å²) in [6.45, 7) is 0. The predicted molar refractivity (Wildman–Crippen MR) is 68.8 cm³/mol. The number of benzene rings is 1. The summed E-state index contributed by atoms with van der Waals surface area (Å²) in [5, 5.41) is 7.40. The van der Waals surface area contributed by atoms with Gasteiger partial charge in [0.25, 0.3) is 0 Å². The molecular weight excluding hydrogens is 220 g/mol. The second kappa shape index (κ2) is 4.32. The first kappa shape index (κ1) is 10.6. The molecule has 4 nitrogen and oxygen atoms in total. The van der Waals surface area contributed by atoms with Gasteiger partial charge in [0.05, 0.1) is 0 Å². The molecule has 16 heavy (non-hydrogen) atoms. The number of thiocarbonyl (C=S) groups is 1. The molecule has 0 saturated carbocycles. The second-order valence-corrected chi connectivity index (χ2v) is 3.85. The fourth-order valence-corrected chi connectivity index (χ4v) is 1.60. The zero-order valence-corrected chi connectivity index (χ0v) is 9.66. The third-order valence-corrected chi connectivity index (χ3v) is 2.39. The van der Waals surface area contributed by atoms with E-state index in [1.54, 1.807) is 4.68 Å². The lowest BCUT2D eigenvalue weighted by Crippen LogP contribution is -2.11. The normalized spacial score (nSPS) is 10.1. The van der Waals surface area contributed by atoms with Crippen molar-refractivity contribution in [2.24, 2.45) is 12.8 Å². The van der Waals surface area contributed by atoms with E-state index in [0.29, 0.717) is 4.99 Å². The van der Waals surface area contributed by atoms with Crippen LogP contribution in [0.15, 0.2) is 36.5 Å². The molecule has 0 bridgehead atoms. The molecular formula is C11H12N4S. The van der Waals surface area contributed by atoms with Gasteiger partial charge in [-0.1, -0.05) is 24.4 Å². The average Bonchev–Trinajstić information content (AvgIpc) is 2.64. The number of aromatic nitrogens is 2. The molecule has 0 aliphatic heterocycles. The van der Waals surface area contributed by atoms with E-state index in [1.807, 2.05) is 43.6 Å². The number of aryl methyl sites for hydroxylation is 1. The number of nitrogens with one attached hydrogen (secondary N) is 1. The summed E-state index contributed by atoms with van der Waals surface area (Å²) in [6.07, 6.45) is 1.87. The molecule has 0 aliphatic carbocycles. The van der Waals surface area contributed by atoms with E-state index < -0.39 is 0 Å². The van der Waals surface area contributed by atoms with Gasteiger partial charge in [-0.2, -0.15) is 5.10 Å². The molecule has 0 amide bonds. The molecule has 82 valence electrons. The highest BCUT2D eigenvalue weighted by molar-refractivity contribution is 7.80. The summed E-state index contributed by atoms with van der Waals surface area (Å²) in [4.78, 5) is 0.374. The Balaban J connectivity index is 2.31. The van der Waals surface area contributed by atoms with Crippen molar-refractivity contribution in [3.63, 3.8) is 0 Å². The van der Waals surface area contributed by atoms with Gasteiger partial charge in [0.15, 0.2) is 5.82 Å². The van der Waals surface area contributed by atoms with Crippen LogP contribution in [0.5, 0.6) is 0 Å². The van der Waals surface area contributed by atoms with Crippen LogP contribution >= 0.6 is 12.2 Å². The van der Waals surface area contributed by atoms with Crippen LogP contribution in [0.25, 0.3) is 0 Å². The van der Waals surface area contributed by atoms with Gasteiger partial charge in [-0.15, -0.1) is 0 Å². The molecule has 1 aromatic heterocycles. The molecule has 0 aliphatic rings. The standard InChI is InChI=1S/C11H12N4S/c1-15-7-6-10(14-15)13-9-5-3-2-4-8(9)11(12)16/h2-7H,1H3,(H2,12,16)(H,13,14). The van der Waals surface area contributed by atoms with Gasteiger partial charge >= 0.3 is 0 Å². The van der Waals surface area contributed by atoms with Crippen molar-refractivity contribution in [1.29, 1.82) is 0 Å². The van der Waals surface area contributed by atoms with Crippen LogP contribution in [0.4, 0.5) is 11.5 Å². The Bertz CT molecular complexity index is 518. The van der Waals surface area contributed by atoms with Crippen LogP contribution < -0.4 is 11.1 Å². The second-order valence-electron chi connectivity index (χ2n) is 3.41. The third kappa shape index (κ3) is 2.20. The lowest BCUT2D eigenvalue weighted by Gasteiger charge is -2.08. The Morgan fingerprint density at radius 3 is 2.75 bits per heavy atom. The van der Waals surface area contributed by atoms with Crippen molar-refractivity contribution in [3.8, 4) is 0 Å². The Labute approximate surface area is 99.1 Å². The van der Waals surface area contributed by atoms with Gasteiger partial charge in [-0.25, -0.2) is 0 Å².